The van der Waals surface area contributed by atoms with Crippen molar-refractivity contribution in [2.24, 2.45) is 21.8 Å². The van der Waals surface area contributed by atoms with E-state index in [4.69, 9.17) is 14.2 Å². The molecule has 2 aliphatic carbocycles. The number of methoxy groups -OCH3 is 2. The minimum absolute atomic E-state index is 0.0152. The lowest BCUT2D eigenvalue weighted by atomic mass is 9.70. The van der Waals surface area contributed by atoms with Crippen molar-refractivity contribution in [2.45, 2.75) is 40.0 Å². The summed E-state index contributed by atoms with van der Waals surface area (Å²) < 4.78 is 15.4. The monoisotopic (exact) mass is 388 g/mol. The summed E-state index contributed by atoms with van der Waals surface area (Å²) in [5.41, 5.74) is 4.07. The maximum atomic E-state index is 12.2. The van der Waals surface area contributed by atoms with E-state index in [0.29, 0.717) is 17.4 Å². The fourth-order valence-corrected chi connectivity index (χ4v) is 4.44. The van der Waals surface area contributed by atoms with Crippen molar-refractivity contribution < 1.29 is 23.8 Å². The van der Waals surface area contributed by atoms with Crippen LogP contribution in [0, 0.1) is 16.7 Å². The van der Waals surface area contributed by atoms with E-state index in [1.807, 2.05) is 0 Å². The Morgan fingerprint density at radius 2 is 1.89 bits per heavy atom. The summed E-state index contributed by atoms with van der Waals surface area (Å²) >= 11 is 0. The Balaban J connectivity index is 1.56. The highest BCUT2D eigenvalue weighted by atomic mass is 16.5. The van der Waals surface area contributed by atoms with Gasteiger partial charge in [0, 0.05) is 11.1 Å². The SMILES string of the molecule is COc1ccc(C(=O)OCC(=O)N/N=C2\CC3CCC2(C)C3(C)C)cc1OC. The number of nitrogens with one attached hydrogen (secondary N) is 1. The van der Waals surface area contributed by atoms with Crippen LogP contribution in [0.4, 0.5) is 0 Å². The molecule has 0 radical (unpaired) electrons. The topological polar surface area (TPSA) is 86.2 Å². The van der Waals surface area contributed by atoms with Crippen molar-refractivity contribution in [3.05, 3.63) is 23.8 Å². The highest BCUT2D eigenvalue weighted by Gasteiger charge is 2.60. The Morgan fingerprint density at radius 3 is 2.46 bits per heavy atom. The standard InChI is InChI=1S/C21H28N2O5/c1-20(2)14-8-9-21(20,3)17(11-14)22-23-18(24)12-28-19(25)13-6-7-15(26-4)16(10-13)27-5/h6-7,10,14H,8-9,11-12H2,1-5H3,(H,23,24)/b22-17+. The average Bonchev–Trinajstić information content (AvgIpc) is 3.03. The maximum absolute atomic E-state index is 12.2. The summed E-state index contributed by atoms with van der Waals surface area (Å²) in [4.78, 5) is 24.3. The van der Waals surface area contributed by atoms with Crippen LogP contribution in [0.25, 0.3) is 0 Å². The zero-order valence-corrected chi connectivity index (χ0v) is 17.1. The molecular weight excluding hydrogens is 360 g/mol. The number of hydrogen-bond donors (Lipinski definition) is 1. The van der Waals surface area contributed by atoms with Gasteiger partial charge in [0.25, 0.3) is 5.91 Å². The Morgan fingerprint density at radius 1 is 1.18 bits per heavy atom. The molecule has 7 heteroatoms. The highest BCUT2D eigenvalue weighted by Crippen LogP contribution is 2.63. The van der Waals surface area contributed by atoms with E-state index < -0.39 is 18.5 Å². The maximum Gasteiger partial charge on any atom is 0.338 e. The third kappa shape index (κ3) is 3.34. The molecule has 1 N–H and O–H groups in total. The van der Waals surface area contributed by atoms with Gasteiger partial charge < -0.3 is 14.2 Å². The fraction of sp³-hybridized carbons (Fsp3) is 0.571. The van der Waals surface area contributed by atoms with E-state index in [9.17, 15) is 9.59 Å². The summed E-state index contributed by atoms with van der Waals surface area (Å²) in [6.45, 7) is 6.38. The summed E-state index contributed by atoms with van der Waals surface area (Å²) in [6.07, 6.45) is 3.21. The van der Waals surface area contributed by atoms with Crippen LogP contribution in [0.1, 0.15) is 50.4 Å². The van der Waals surface area contributed by atoms with Gasteiger partial charge in [0.2, 0.25) is 0 Å². The van der Waals surface area contributed by atoms with Gasteiger partial charge in [-0.25, -0.2) is 10.2 Å². The largest absolute Gasteiger partial charge is 0.493 e. The number of benzene rings is 1. The molecule has 2 saturated carbocycles. The predicted molar refractivity (Wildman–Crippen MR) is 105 cm³/mol. The van der Waals surface area contributed by atoms with Crippen LogP contribution in [0.15, 0.2) is 23.3 Å². The Labute approximate surface area is 165 Å². The van der Waals surface area contributed by atoms with Crippen molar-refractivity contribution in [1.29, 1.82) is 0 Å². The highest BCUT2D eigenvalue weighted by molar-refractivity contribution is 5.95. The lowest BCUT2D eigenvalue weighted by Crippen LogP contribution is -2.34. The summed E-state index contributed by atoms with van der Waals surface area (Å²) in [5, 5.41) is 4.36. The molecule has 2 atom stereocenters. The van der Waals surface area contributed by atoms with Gasteiger partial charge in [-0.3, -0.25) is 4.79 Å². The van der Waals surface area contributed by atoms with E-state index in [1.165, 1.54) is 26.7 Å². The fourth-order valence-electron chi connectivity index (χ4n) is 4.44. The van der Waals surface area contributed by atoms with Gasteiger partial charge in [-0.05, 0) is 48.8 Å². The molecular formula is C21H28N2O5. The first-order chi connectivity index (χ1) is 13.2. The number of nitrogens with zero attached hydrogens (tertiary/aromatic N) is 1. The van der Waals surface area contributed by atoms with E-state index in [-0.39, 0.29) is 16.4 Å². The number of amides is 1. The molecule has 0 heterocycles. The molecule has 1 aromatic rings. The molecule has 2 aliphatic rings. The van der Waals surface area contributed by atoms with Gasteiger partial charge in [-0.15, -0.1) is 0 Å². The number of hydrazone groups is 1. The second-order valence-electron chi connectivity index (χ2n) is 8.23. The smallest absolute Gasteiger partial charge is 0.338 e. The lowest BCUT2D eigenvalue weighted by Gasteiger charge is -2.34. The lowest BCUT2D eigenvalue weighted by molar-refractivity contribution is -0.124. The van der Waals surface area contributed by atoms with Gasteiger partial charge in [0.05, 0.1) is 19.8 Å². The van der Waals surface area contributed by atoms with Crippen molar-refractivity contribution in [3.63, 3.8) is 0 Å². The van der Waals surface area contributed by atoms with E-state index in [1.54, 1.807) is 12.1 Å². The zero-order chi connectivity index (χ0) is 20.5. The van der Waals surface area contributed by atoms with Gasteiger partial charge in [-0.1, -0.05) is 20.8 Å². The predicted octanol–water partition coefficient (Wildman–Crippen LogP) is 3.18. The molecule has 152 valence electrons. The number of esters is 1. The number of carbonyl (C=O) groups excluding carboxylic acids is 2. The number of ether oxygens (including phenoxy) is 3. The van der Waals surface area contributed by atoms with Crippen molar-refractivity contribution in [1.82, 2.24) is 5.43 Å². The first-order valence-electron chi connectivity index (χ1n) is 9.48. The van der Waals surface area contributed by atoms with Crippen molar-refractivity contribution in [2.75, 3.05) is 20.8 Å². The normalized spacial score (nSPS) is 26.2. The molecule has 2 unspecified atom stereocenters. The molecule has 0 saturated heterocycles. The first-order valence-corrected chi connectivity index (χ1v) is 9.48. The Bertz CT molecular complexity index is 817. The van der Waals surface area contributed by atoms with Crippen LogP contribution >= 0.6 is 0 Å². The molecule has 1 aromatic carbocycles. The van der Waals surface area contributed by atoms with Crippen LogP contribution in [0.3, 0.4) is 0 Å². The third-order valence-electron chi connectivity index (χ3n) is 6.78. The van der Waals surface area contributed by atoms with Gasteiger partial charge in [0.1, 0.15) is 0 Å². The molecule has 2 bridgehead atoms. The summed E-state index contributed by atoms with van der Waals surface area (Å²) in [5.74, 6) is 0.466. The van der Waals surface area contributed by atoms with Gasteiger partial charge >= 0.3 is 5.97 Å². The van der Waals surface area contributed by atoms with E-state index in [0.717, 1.165) is 18.6 Å². The minimum Gasteiger partial charge on any atom is -0.493 e. The molecule has 28 heavy (non-hydrogen) atoms. The van der Waals surface area contributed by atoms with Crippen molar-refractivity contribution in [3.8, 4) is 11.5 Å². The minimum atomic E-state index is -0.614. The van der Waals surface area contributed by atoms with Crippen LogP contribution in [0.2, 0.25) is 0 Å². The molecule has 1 amide bonds. The molecule has 7 nitrogen and oxygen atoms in total. The molecule has 0 aliphatic heterocycles. The van der Waals surface area contributed by atoms with Crippen LogP contribution in [-0.2, 0) is 9.53 Å². The summed E-state index contributed by atoms with van der Waals surface area (Å²) in [7, 11) is 3.00. The number of rotatable bonds is 6. The summed E-state index contributed by atoms with van der Waals surface area (Å²) in [6, 6.07) is 4.68. The molecule has 0 spiro atoms. The zero-order valence-electron chi connectivity index (χ0n) is 17.1. The molecule has 3 rings (SSSR count). The second-order valence-corrected chi connectivity index (χ2v) is 8.23. The van der Waals surface area contributed by atoms with Crippen LogP contribution < -0.4 is 14.9 Å². The second kappa shape index (κ2) is 7.45. The third-order valence-corrected chi connectivity index (χ3v) is 6.78. The van der Waals surface area contributed by atoms with Crippen molar-refractivity contribution >= 4 is 17.6 Å². The number of hydrogen-bond acceptors (Lipinski definition) is 6. The van der Waals surface area contributed by atoms with Gasteiger partial charge in [-0.2, -0.15) is 5.10 Å². The quantitative estimate of drug-likeness (QED) is 0.597. The molecule has 2 fully saturated rings. The average molecular weight is 388 g/mol. The van der Waals surface area contributed by atoms with Gasteiger partial charge in [0.15, 0.2) is 18.1 Å². The Hall–Kier alpha value is -2.57. The Kier molecular flexibility index (Phi) is 5.37. The van der Waals surface area contributed by atoms with Crippen LogP contribution in [0.5, 0.6) is 11.5 Å². The van der Waals surface area contributed by atoms with E-state index >= 15 is 0 Å². The first kappa shape index (κ1) is 20.2. The number of carbonyl (C=O) groups is 2. The van der Waals surface area contributed by atoms with E-state index in [2.05, 4.69) is 31.3 Å². The van der Waals surface area contributed by atoms with Crippen LogP contribution in [-0.4, -0.2) is 38.4 Å². The molecule has 0 aromatic heterocycles. The number of fused-ring (bicyclic) bond motifs is 2.